The van der Waals surface area contributed by atoms with Crippen molar-refractivity contribution in [2.24, 2.45) is 5.92 Å². The molecule has 1 aromatic rings. The molecule has 2 atom stereocenters. The van der Waals surface area contributed by atoms with Crippen LogP contribution in [0.1, 0.15) is 37.3 Å². The number of amides is 1. The van der Waals surface area contributed by atoms with E-state index < -0.39 is 0 Å². The van der Waals surface area contributed by atoms with Crippen molar-refractivity contribution in [1.82, 2.24) is 5.32 Å². The van der Waals surface area contributed by atoms with Crippen molar-refractivity contribution in [3.8, 4) is 0 Å². The van der Waals surface area contributed by atoms with E-state index in [4.69, 9.17) is 0 Å². The van der Waals surface area contributed by atoms with Crippen molar-refractivity contribution >= 4 is 11.6 Å². The monoisotopic (exact) mass is 272 g/mol. The van der Waals surface area contributed by atoms with Gasteiger partial charge < -0.3 is 10.2 Å². The molecular formula is C17H24N2O. The van der Waals surface area contributed by atoms with Gasteiger partial charge in [-0.3, -0.25) is 4.79 Å². The summed E-state index contributed by atoms with van der Waals surface area (Å²) in [5, 5.41) is 3.44. The molecule has 1 aromatic carbocycles. The number of rotatable bonds is 1. The van der Waals surface area contributed by atoms with Gasteiger partial charge in [0.05, 0.1) is 5.92 Å². The van der Waals surface area contributed by atoms with E-state index in [1.165, 1.54) is 11.1 Å². The fourth-order valence-electron chi connectivity index (χ4n) is 3.54. The molecule has 1 amide bonds. The molecule has 20 heavy (non-hydrogen) atoms. The Morgan fingerprint density at radius 2 is 2.20 bits per heavy atom. The van der Waals surface area contributed by atoms with E-state index in [-0.39, 0.29) is 5.92 Å². The molecule has 1 saturated heterocycles. The highest BCUT2D eigenvalue weighted by atomic mass is 16.2. The number of anilines is 1. The van der Waals surface area contributed by atoms with Crippen LogP contribution in [0.3, 0.4) is 0 Å². The summed E-state index contributed by atoms with van der Waals surface area (Å²) in [7, 11) is 0. The van der Waals surface area contributed by atoms with Gasteiger partial charge in [-0.1, -0.05) is 17.7 Å². The van der Waals surface area contributed by atoms with Crippen molar-refractivity contribution < 1.29 is 4.79 Å². The van der Waals surface area contributed by atoms with Gasteiger partial charge in [0.1, 0.15) is 0 Å². The third-order valence-corrected chi connectivity index (χ3v) is 4.70. The van der Waals surface area contributed by atoms with E-state index in [9.17, 15) is 4.79 Å². The fourth-order valence-corrected chi connectivity index (χ4v) is 3.54. The van der Waals surface area contributed by atoms with Crippen molar-refractivity contribution in [3.05, 3.63) is 29.3 Å². The van der Waals surface area contributed by atoms with Crippen LogP contribution in [0.4, 0.5) is 5.69 Å². The lowest BCUT2D eigenvalue weighted by Crippen LogP contribution is -2.49. The van der Waals surface area contributed by atoms with E-state index in [1.807, 2.05) is 4.90 Å². The third-order valence-electron chi connectivity index (χ3n) is 4.70. The molecule has 2 aliphatic rings. The fraction of sp³-hybridized carbons (Fsp3) is 0.588. The van der Waals surface area contributed by atoms with E-state index >= 15 is 0 Å². The lowest BCUT2D eigenvalue weighted by molar-refractivity contribution is -0.124. The van der Waals surface area contributed by atoms with E-state index in [2.05, 4.69) is 37.4 Å². The second-order valence-corrected chi connectivity index (χ2v) is 6.22. The summed E-state index contributed by atoms with van der Waals surface area (Å²) in [4.78, 5) is 14.9. The van der Waals surface area contributed by atoms with E-state index in [0.29, 0.717) is 11.9 Å². The third kappa shape index (κ3) is 2.47. The van der Waals surface area contributed by atoms with Crippen LogP contribution in [0.5, 0.6) is 0 Å². The first-order valence-corrected chi connectivity index (χ1v) is 7.81. The predicted octanol–water partition coefficient (Wildman–Crippen LogP) is 2.66. The maximum atomic E-state index is 12.9. The van der Waals surface area contributed by atoms with Gasteiger partial charge in [-0.25, -0.2) is 0 Å². The molecule has 0 saturated carbocycles. The number of piperidine rings is 1. The largest absolute Gasteiger partial charge is 0.313 e. The predicted molar refractivity (Wildman–Crippen MR) is 82.0 cm³/mol. The molecular weight excluding hydrogens is 248 g/mol. The Bertz CT molecular complexity index is 512. The van der Waals surface area contributed by atoms with Gasteiger partial charge in [-0.05, 0) is 57.7 Å². The Morgan fingerprint density at radius 1 is 1.35 bits per heavy atom. The van der Waals surface area contributed by atoms with Crippen molar-refractivity contribution in [2.75, 3.05) is 18.0 Å². The highest BCUT2D eigenvalue weighted by Gasteiger charge is 2.33. The zero-order valence-corrected chi connectivity index (χ0v) is 12.5. The van der Waals surface area contributed by atoms with Crippen LogP contribution in [0.25, 0.3) is 0 Å². The molecule has 3 heteroatoms. The van der Waals surface area contributed by atoms with Crippen LogP contribution in [0, 0.1) is 12.8 Å². The van der Waals surface area contributed by atoms with Crippen LogP contribution in [-0.2, 0) is 11.2 Å². The molecule has 3 nitrogen and oxygen atoms in total. The number of hydrogen-bond donors (Lipinski definition) is 1. The average Bonchev–Trinajstić information content (AvgIpc) is 2.46. The van der Waals surface area contributed by atoms with Crippen LogP contribution in [0.2, 0.25) is 0 Å². The average molecular weight is 272 g/mol. The Kier molecular flexibility index (Phi) is 3.79. The normalized spacial score (nSPS) is 26.2. The highest BCUT2D eigenvalue weighted by molar-refractivity contribution is 5.96. The van der Waals surface area contributed by atoms with Gasteiger partial charge in [0, 0.05) is 18.3 Å². The molecule has 3 rings (SSSR count). The minimum atomic E-state index is 0.135. The maximum Gasteiger partial charge on any atom is 0.231 e. The topological polar surface area (TPSA) is 32.3 Å². The minimum absolute atomic E-state index is 0.135. The van der Waals surface area contributed by atoms with Gasteiger partial charge in [0.2, 0.25) is 5.91 Å². The molecule has 1 fully saturated rings. The molecule has 2 aliphatic heterocycles. The number of nitrogens with zero attached hydrogens (tertiary/aromatic N) is 1. The molecule has 0 aliphatic carbocycles. The van der Waals surface area contributed by atoms with Crippen LogP contribution >= 0.6 is 0 Å². The maximum absolute atomic E-state index is 12.9. The summed E-state index contributed by atoms with van der Waals surface area (Å²) in [6.45, 7) is 6.18. The first-order chi connectivity index (χ1) is 9.66. The van der Waals surface area contributed by atoms with Crippen LogP contribution in [-0.4, -0.2) is 25.0 Å². The molecule has 108 valence electrons. The summed E-state index contributed by atoms with van der Waals surface area (Å²) in [6.07, 6.45) is 4.30. The second-order valence-electron chi connectivity index (χ2n) is 6.22. The van der Waals surface area contributed by atoms with E-state index in [0.717, 1.165) is 44.5 Å². The SMILES string of the molecule is Cc1ccc2c(c1)CCCN2C(=O)C1CCCNC1C. The lowest BCUT2D eigenvalue weighted by atomic mass is 9.89. The van der Waals surface area contributed by atoms with Gasteiger partial charge in [-0.2, -0.15) is 0 Å². The van der Waals surface area contributed by atoms with Gasteiger partial charge in [-0.15, -0.1) is 0 Å². The first-order valence-electron chi connectivity index (χ1n) is 7.81. The van der Waals surface area contributed by atoms with Crippen molar-refractivity contribution in [2.45, 2.75) is 45.6 Å². The molecule has 0 aromatic heterocycles. The smallest absolute Gasteiger partial charge is 0.231 e. The molecule has 2 heterocycles. The number of fused-ring (bicyclic) bond motifs is 1. The Balaban J connectivity index is 1.86. The first kappa shape index (κ1) is 13.6. The number of benzene rings is 1. The number of aryl methyl sites for hydroxylation is 2. The summed E-state index contributed by atoms with van der Waals surface area (Å²) in [6, 6.07) is 6.78. The second kappa shape index (κ2) is 5.57. The van der Waals surface area contributed by atoms with Crippen LogP contribution in [0.15, 0.2) is 18.2 Å². The summed E-state index contributed by atoms with van der Waals surface area (Å²) in [5.41, 5.74) is 3.76. The van der Waals surface area contributed by atoms with Gasteiger partial charge in [0.15, 0.2) is 0 Å². The molecule has 0 spiro atoms. The summed E-state index contributed by atoms with van der Waals surface area (Å²) >= 11 is 0. The number of carbonyl (C=O) groups excluding carboxylic acids is 1. The lowest BCUT2D eigenvalue weighted by Gasteiger charge is -2.36. The van der Waals surface area contributed by atoms with Gasteiger partial charge >= 0.3 is 0 Å². The Labute approximate surface area is 121 Å². The summed E-state index contributed by atoms with van der Waals surface area (Å²) < 4.78 is 0. The molecule has 2 unspecified atom stereocenters. The zero-order chi connectivity index (χ0) is 14.1. The Hall–Kier alpha value is -1.35. The molecule has 1 N–H and O–H groups in total. The van der Waals surface area contributed by atoms with Gasteiger partial charge in [0.25, 0.3) is 0 Å². The van der Waals surface area contributed by atoms with Crippen molar-refractivity contribution in [1.29, 1.82) is 0 Å². The quantitative estimate of drug-likeness (QED) is 0.852. The molecule has 0 bridgehead atoms. The number of hydrogen-bond acceptors (Lipinski definition) is 2. The highest BCUT2D eigenvalue weighted by Crippen LogP contribution is 2.31. The number of nitrogens with one attached hydrogen (secondary N) is 1. The Morgan fingerprint density at radius 3 is 3.00 bits per heavy atom. The zero-order valence-electron chi connectivity index (χ0n) is 12.5. The molecule has 0 radical (unpaired) electrons. The number of carbonyl (C=O) groups is 1. The standard InChI is InChI=1S/C17H24N2O/c1-12-7-8-16-14(11-12)5-4-10-19(16)17(20)15-6-3-9-18-13(15)2/h7-8,11,13,15,18H,3-6,9-10H2,1-2H3. The van der Waals surface area contributed by atoms with Crippen molar-refractivity contribution in [3.63, 3.8) is 0 Å². The van der Waals surface area contributed by atoms with E-state index in [1.54, 1.807) is 0 Å². The minimum Gasteiger partial charge on any atom is -0.313 e. The summed E-state index contributed by atoms with van der Waals surface area (Å²) in [5.74, 6) is 0.450. The van der Waals surface area contributed by atoms with Crippen LogP contribution < -0.4 is 10.2 Å².